The van der Waals surface area contributed by atoms with Crippen molar-refractivity contribution in [2.75, 3.05) is 19.5 Å². The zero-order valence-electron chi connectivity index (χ0n) is 13.0. The number of carbonyl (C=O) groups is 1. The molecular weight excluding hydrogens is 278 g/mol. The van der Waals surface area contributed by atoms with Gasteiger partial charge >= 0.3 is 0 Å². The van der Waals surface area contributed by atoms with Crippen LogP contribution < -0.4 is 14.8 Å². The molecule has 1 N–H and O–H groups in total. The zero-order valence-corrected chi connectivity index (χ0v) is 13.0. The van der Waals surface area contributed by atoms with Gasteiger partial charge in [0.1, 0.15) is 0 Å². The second-order valence-corrected chi connectivity index (χ2v) is 5.46. The lowest BCUT2D eigenvalue weighted by Crippen LogP contribution is -2.24. The lowest BCUT2D eigenvalue weighted by Gasteiger charge is -2.28. The lowest BCUT2D eigenvalue weighted by molar-refractivity contribution is -0.116. The Balaban J connectivity index is 2.16. The van der Waals surface area contributed by atoms with Crippen LogP contribution in [0.25, 0.3) is 0 Å². The monoisotopic (exact) mass is 297 g/mol. The maximum absolute atomic E-state index is 12.1. The third-order valence-corrected chi connectivity index (χ3v) is 4.16. The Kier molecular flexibility index (Phi) is 3.75. The van der Waals surface area contributed by atoms with Gasteiger partial charge in [-0.1, -0.05) is 24.3 Å². The summed E-state index contributed by atoms with van der Waals surface area (Å²) in [6.45, 7) is 2.07. The fourth-order valence-electron chi connectivity index (χ4n) is 3.04. The van der Waals surface area contributed by atoms with Crippen molar-refractivity contribution in [1.82, 2.24) is 0 Å². The molecule has 0 saturated carbocycles. The summed E-state index contributed by atoms with van der Waals surface area (Å²) in [5.74, 6) is 1.35. The van der Waals surface area contributed by atoms with Crippen LogP contribution in [0, 0.1) is 6.92 Å². The molecule has 0 unspecified atom stereocenters. The van der Waals surface area contributed by atoms with Crippen LogP contribution >= 0.6 is 0 Å². The van der Waals surface area contributed by atoms with E-state index in [4.69, 9.17) is 9.47 Å². The maximum Gasteiger partial charge on any atom is 0.225 e. The minimum Gasteiger partial charge on any atom is -0.493 e. The average molecular weight is 297 g/mol. The Morgan fingerprint density at radius 3 is 2.41 bits per heavy atom. The number of carbonyl (C=O) groups excluding carboxylic acids is 1. The topological polar surface area (TPSA) is 47.6 Å². The smallest absolute Gasteiger partial charge is 0.225 e. The van der Waals surface area contributed by atoms with Crippen molar-refractivity contribution in [2.45, 2.75) is 19.3 Å². The molecule has 0 radical (unpaired) electrons. The number of ether oxygens (including phenoxy) is 2. The number of methoxy groups -OCH3 is 2. The summed E-state index contributed by atoms with van der Waals surface area (Å²) in [7, 11) is 3.21. The normalized spacial score (nSPS) is 16.7. The molecule has 0 aliphatic carbocycles. The fraction of sp³-hybridized carbons (Fsp3) is 0.278. The van der Waals surface area contributed by atoms with Gasteiger partial charge < -0.3 is 14.8 Å². The minimum atomic E-state index is 0.0213. The summed E-state index contributed by atoms with van der Waals surface area (Å²) in [5, 5.41) is 2.93. The van der Waals surface area contributed by atoms with E-state index in [0.29, 0.717) is 17.9 Å². The quantitative estimate of drug-likeness (QED) is 0.943. The van der Waals surface area contributed by atoms with Crippen LogP contribution in [-0.4, -0.2) is 20.1 Å². The van der Waals surface area contributed by atoms with Crippen molar-refractivity contribution in [3.05, 3.63) is 53.1 Å². The van der Waals surface area contributed by atoms with Crippen LogP contribution in [0.4, 0.5) is 5.69 Å². The molecule has 4 heteroatoms. The van der Waals surface area contributed by atoms with Crippen LogP contribution in [-0.2, 0) is 4.79 Å². The second kappa shape index (κ2) is 5.72. The van der Waals surface area contributed by atoms with Crippen LogP contribution in [0.1, 0.15) is 29.0 Å². The molecule has 0 saturated heterocycles. The number of amides is 1. The van der Waals surface area contributed by atoms with E-state index < -0.39 is 0 Å². The molecule has 1 aliphatic heterocycles. The Labute approximate surface area is 130 Å². The molecule has 22 heavy (non-hydrogen) atoms. The minimum absolute atomic E-state index is 0.0213. The van der Waals surface area contributed by atoms with Crippen LogP contribution in [0.3, 0.4) is 0 Å². The van der Waals surface area contributed by atoms with Gasteiger partial charge in [-0.3, -0.25) is 4.79 Å². The molecule has 1 atom stereocenters. The first-order chi connectivity index (χ1) is 10.6. The molecule has 114 valence electrons. The van der Waals surface area contributed by atoms with Crippen molar-refractivity contribution >= 4 is 11.6 Å². The van der Waals surface area contributed by atoms with Crippen molar-refractivity contribution in [3.8, 4) is 11.5 Å². The Morgan fingerprint density at radius 1 is 1.05 bits per heavy atom. The van der Waals surface area contributed by atoms with Crippen molar-refractivity contribution in [2.24, 2.45) is 0 Å². The van der Waals surface area contributed by atoms with Gasteiger partial charge in [0.15, 0.2) is 11.5 Å². The molecule has 0 bridgehead atoms. The predicted octanol–water partition coefficient (Wildman–Crippen LogP) is 3.49. The first kappa shape index (κ1) is 14.4. The van der Waals surface area contributed by atoms with Gasteiger partial charge in [0, 0.05) is 24.1 Å². The van der Waals surface area contributed by atoms with Crippen molar-refractivity contribution in [1.29, 1.82) is 0 Å². The van der Waals surface area contributed by atoms with Crippen LogP contribution in [0.5, 0.6) is 11.5 Å². The van der Waals surface area contributed by atoms with Gasteiger partial charge in [-0.05, 0) is 29.7 Å². The summed E-state index contributed by atoms with van der Waals surface area (Å²) in [6, 6.07) is 12.0. The standard InChI is InChI=1S/C18H19NO3/c1-11-6-4-5-7-12(11)13-9-18(20)19-15-10-17(22-3)16(21-2)8-14(13)15/h4-8,10,13H,9H2,1-3H3,(H,19,20)/t13-/m1/s1. The number of nitrogens with one attached hydrogen (secondary N) is 1. The highest BCUT2D eigenvalue weighted by molar-refractivity contribution is 5.96. The molecule has 2 aromatic carbocycles. The molecule has 1 aliphatic rings. The number of hydrogen-bond acceptors (Lipinski definition) is 3. The molecule has 0 spiro atoms. The molecule has 2 aromatic rings. The largest absolute Gasteiger partial charge is 0.493 e. The van der Waals surface area contributed by atoms with Gasteiger partial charge in [0.05, 0.1) is 14.2 Å². The van der Waals surface area contributed by atoms with E-state index in [-0.39, 0.29) is 11.8 Å². The van der Waals surface area contributed by atoms with E-state index in [1.165, 1.54) is 11.1 Å². The predicted molar refractivity (Wildman–Crippen MR) is 85.8 cm³/mol. The van der Waals surface area contributed by atoms with E-state index >= 15 is 0 Å². The van der Waals surface area contributed by atoms with Crippen molar-refractivity contribution in [3.63, 3.8) is 0 Å². The molecule has 0 aromatic heterocycles. The summed E-state index contributed by atoms with van der Waals surface area (Å²) >= 11 is 0. The van der Waals surface area contributed by atoms with Crippen LogP contribution in [0.15, 0.2) is 36.4 Å². The van der Waals surface area contributed by atoms with Gasteiger partial charge in [0.25, 0.3) is 0 Å². The summed E-state index contributed by atoms with van der Waals surface area (Å²) < 4.78 is 10.7. The van der Waals surface area contributed by atoms with E-state index in [1.807, 2.05) is 24.3 Å². The SMILES string of the molecule is COc1cc2c(cc1OC)[C@@H](c1ccccc1C)CC(=O)N2. The van der Waals surface area contributed by atoms with Crippen LogP contribution in [0.2, 0.25) is 0 Å². The van der Waals surface area contributed by atoms with E-state index in [2.05, 4.69) is 24.4 Å². The number of aryl methyl sites for hydroxylation is 1. The van der Waals surface area contributed by atoms with Gasteiger partial charge in [0.2, 0.25) is 5.91 Å². The Hall–Kier alpha value is -2.49. The van der Waals surface area contributed by atoms with Crippen molar-refractivity contribution < 1.29 is 14.3 Å². The number of hydrogen-bond donors (Lipinski definition) is 1. The third-order valence-electron chi connectivity index (χ3n) is 4.16. The Morgan fingerprint density at radius 2 is 1.73 bits per heavy atom. The fourth-order valence-corrected chi connectivity index (χ4v) is 3.04. The summed E-state index contributed by atoms with van der Waals surface area (Å²) in [5.41, 5.74) is 4.21. The van der Waals surface area contributed by atoms with Gasteiger partial charge in [-0.25, -0.2) is 0 Å². The zero-order chi connectivity index (χ0) is 15.7. The molecule has 0 fully saturated rings. The first-order valence-electron chi connectivity index (χ1n) is 7.25. The van der Waals surface area contributed by atoms with Gasteiger partial charge in [-0.2, -0.15) is 0 Å². The van der Waals surface area contributed by atoms with E-state index in [9.17, 15) is 4.79 Å². The second-order valence-electron chi connectivity index (χ2n) is 5.46. The Bertz CT molecular complexity index is 724. The number of benzene rings is 2. The number of anilines is 1. The highest BCUT2D eigenvalue weighted by Crippen LogP contribution is 2.43. The van der Waals surface area contributed by atoms with E-state index in [0.717, 1.165) is 11.3 Å². The van der Waals surface area contributed by atoms with Gasteiger partial charge in [-0.15, -0.1) is 0 Å². The summed E-state index contributed by atoms with van der Waals surface area (Å²) in [6.07, 6.45) is 0.438. The number of rotatable bonds is 3. The summed E-state index contributed by atoms with van der Waals surface area (Å²) in [4.78, 5) is 12.1. The maximum atomic E-state index is 12.1. The van der Waals surface area contributed by atoms with E-state index in [1.54, 1.807) is 14.2 Å². The highest BCUT2D eigenvalue weighted by atomic mass is 16.5. The molecule has 4 nitrogen and oxygen atoms in total. The molecular formula is C18H19NO3. The third kappa shape index (κ3) is 2.41. The number of fused-ring (bicyclic) bond motifs is 1. The first-order valence-corrected chi connectivity index (χ1v) is 7.25. The molecule has 3 rings (SSSR count). The highest BCUT2D eigenvalue weighted by Gasteiger charge is 2.29. The molecule has 1 heterocycles. The average Bonchev–Trinajstić information content (AvgIpc) is 2.53. The lowest BCUT2D eigenvalue weighted by atomic mass is 9.82. The molecule has 1 amide bonds.